The maximum absolute atomic E-state index is 4.95. The fourth-order valence-electron chi connectivity index (χ4n) is 3.31. The molecule has 0 radical (unpaired) electrons. The van der Waals surface area contributed by atoms with Gasteiger partial charge in [-0.05, 0) is 39.3 Å². The minimum Gasteiger partial charge on any atom is -0.240 e. The molecule has 2 aromatic carbocycles. The second kappa shape index (κ2) is 6.20. The molecule has 0 amide bonds. The molecule has 122 valence electrons. The van der Waals surface area contributed by atoms with E-state index in [1.807, 2.05) is 0 Å². The smallest absolute Gasteiger partial charge is 0.234 e. The summed E-state index contributed by atoms with van der Waals surface area (Å²) in [7, 11) is 2.14. The Hall–Kier alpha value is -2.48. The third-order valence-corrected chi connectivity index (χ3v) is 4.77. The average Bonchev–Trinajstić information content (AvgIpc) is 2.54. The van der Waals surface area contributed by atoms with Crippen molar-refractivity contribution in [2.75, 3.05) is 0 Å². The number of rotatable bonds is 2. The Balaban J connectivity index is 2.21. The van der Waals surface area contributed by atoms with E-state index in [-0.39, 0.29) is 0 Å². The Kier molecular flexibility index (Phi) is 4.23. The van der Waals surface area contributed by atoms with Crippen LogP contribution in [0.5, 0.6) is 0 Å². The van der Waals surface area contributed by atoms with E-state index >= 15 is 0 Å². The van der Waals surface area contributed by atoms with Crippen molar-refractivity contribution in [3.8, 4) is 22.5 Å². The lowest BCUT2D eigenvalue weighted by molar-refractivity contribution is -0.666. The standard InChI is InChI=1S/C22H25N2/c1-14-7-10-19(11-8-14)21-18(5)24(6)22(17(4)23-21)20-12-9-15(2)13-16(20)3/h7-13H,1-6H3/q+1. The molecule has 0 spiro atoms. The van der Waals surface area contributed by atoms with E-state index in [4.69, 9.17) is 4.98 Å². The monoisotopic (exact) mass is 317 g/mol. The van der Waals surface area contributed by atoms with Crippen LogP contribution in [0.1, 0.15) is 28.1 Å². The van der Waals surface area contributed by atoms with Gasteiger partial charge in [-0.2, -0.15) is 4.57 Å². The van der Waals surface area contributed by atoms with Crippen LogP contribution < -0.4 is 4.57 Å². The van der Waals surface area contributed by atoms with Crippen LogP contribution >= 0.6 is 0 Å². The van der Waals surface area contributed by atoms with E-state index in [2.05, 4.69) is 88.7 Å². The molecule has 0 fully saturated rings. The third-order valence-electron chi connectivity index (χ3n) is 4.77. The molecular weight excluding hydrogens is 292 g/mol. The van der Waals surface area contributed by atoms with E-state index in [0.29, 0.717) is 0 Å². The van der Waals surface area contributed by atoms with Crippen molar-refractivity contribution < 1.29 is 4.57 Å². The quantitative estimate of drug-likeness (QED) is 0.621. The van der Waals surface area contributed by atoms with E-state index in [1.165, 1.54) is 39.2 Å². The van der Waals surface area contributed by atoms with E-state index in [9.17, 15) is 0 Å². The highest BCUT2D eigenvalue weighted by molar-refractivity contribution is 5.67. The van der Waals surface area contributed by atoms with Crippen molar-refractivity contribution in [3.05, 3.63) is 70.5 Å². The lowest BCUT2D eigenvalue weighted by atomic mass is 10.00. The summed E-state index contributed by atoms with van der Waals surface area (Å²) in [6.07, 6.45) is 0. The predicted molar refractivity (Wildman–Crippen MR) is 100.0 cm³/mol. The van der Waals surface area contributed by atoms with Gasteiger partial charge in [-0.15, -0.1) is 0 Å². The van der Waals surface area contributed by atoms with Gasteiger partial charge in [0.15, 0.2) is 0 Å². The molecule has 1 heterocycles. The van der Waals surface area contributed by atoms with Gasteiger partial charge in [0.05, 0.1) is 5.56 Å². The van der Waals surface area contributed by atoms with Crippen LogP contribution in [-0.4, -0.2) is 4.98 Å². The molecule has 24 heavy (non-hydrogen) atoms. The number of hydrogen-bond donors (Lipinski definition) is 0. The zero-order chi connectivity index (χ0) is 17.4. The van der Waals surface area contributed by atoms with Crippen LogP contribution in [0, 0.1) is 34.6 Å². The lowest BCUT2D eigenvalue weighted by Crippen LogP contribution is -2.37. The van der Waals surface area contributed by atoms with Gasteiger partial charge in [-0.25, -0.2) is 4.98 Å². The highest BCUT2D eigenvalue weighted by Gasteiger charge is 2.23. The largest absolute Gasteiger partial charge is 0.240 e. The number of hydrogen-bond acceptors (Lipinski definition) is 1. The third kappa shape index (κ3) is 2.84. The summed E-state index contributed by atoms with van der Waals surface area (Å²) in [4.78, 5) is 4.95. The highest BCUT2D eigenvalue weighted by atomic mass is 15.0. The molecule has 0 aliphatic rings. The van der Waals surface area contributed by atoms with Crippen molar-refractivity contribution in [1.29, 1.82) is 0 Å². The number of aromatic nitrogens is 2. The fourth-order valence-corrected chi connectivity index (χ4v) is 3.31. The van der Waals surface area contributed by atoms with Gasteiger partial charge in [-0.1, -0.05) is 47.5 Å². The summed E-state index contributed by atoms with van der Waals surface area (Å²) >= 11 is 0. The Labute approximate surface area is 144 Å². The minimum atomic E-state index is 1.06. The topological polar surface area (TPSA) is 16.8 Å². The average molecular weight is 317 g/mol. The number of benzene rings is 2. The first-order chi connectivity index (χ1) is 11.4. The molecule has 1 aromatic heterocycles. The SMILES string of the molecule is Cc1ccc(-c2nc(C)c(-c3ccc(C)cc3C)[n+](C)c2C)cc1. The normalized spacial score (nSPS) is 10.9. The van der Waals surface area contributed by atoms with Gasteiger partial charge in [0.25, 0.3) is 0 Å². The predicted octanol–water partition coefficient (Wildman–Crippen LogP) is 4.78. The Morgan fingerprint density at radius 1 is 0.792 bits per heavy atom. The van der Waals surface area contributed by atoms with E-state index in [0.717, 1.165) is 11.4 Å². The Morgan fingerprint density at radius 3 is 2.04 bits per heavy atom. The van der Waals surface area contributed by atoms with Crippen LogP contribution in [0.25, 0.3) is 22.5 Å². The molecule has 2 heteroatoms. The van der Waals surface area contributed by atoms with Gasteiger partial charge < -0.3 is 0 Å². The molecule has 0 aliphatic carbocycles. The second-order valence-corrected chi connectivity index (χ2v) is 6.72. The molecule has 0 atom stereocenters. The molecule has 0 saturated carbocycles. The fraction of sp³-hybridized carbons (Fsp3) is 0.273. The van der Waals surface area contributed by atoms with Gasteiger partial charge in [0, 0.05) is 12.5 Å². The minimum absolute atomic E-state index is 1.06. The van der Waals surface area contributed by atoms with Crippen LogP contribution in [0.2, 0.25) is 0 Å². The van der Waals surface area contributed by atoms with E-state index < -0.39 is 0 Å². The zero-order valence-corrected chi connectivity index (χ0v) is 15.4. The van der Waals surface area contributed by atoms with Crippen molar-refractivity contribution in [2.45, 2.75) is 34.6 Å². The summed E-state index contributed by atoms with van der Waals surface area (Å²) in [5.74, 6) is 0. The molecule has 3 aromatic rings. The van der Waals surface area contributed by atoms with Gasteiger partial charge in [0.1, 0.15) is 18.4 Å². The second-order valence-electron chi connectivity index (χ2n) is 6.72. The van der Waals surface area contributed by atoms with Crippen molar-refractivity contribution in [3.63, 3.8) is 0 Å². The van der Waals surface area contributed by atoms with Gasteiger partial charge in [-0.3, -0.25) is 0 Å². The lowest BCUT2D eigenvalue weighted by Gasteiger charge is -2.12. The first-order valence-electron chi connectivity index (χ1n) is 8.40. The van der Waals surface area contributed by atoms with Crippen LogP contribution in [0.3, 0.4) is 0 Å². The molecule has 0 aliphatic heterocycles. The molecule has 0 bridgehead atoms. The first kappa shape index (κ1) is 16.4. The Morgan fingerprint density at radius 2 is 1.42 bits per heavy atom. The summed E-state index contributed by atoms with van der Waals surface area (Å²) in [5.41, 5.74) is 10.8. The summed E-state index contributed by atoms with van der Waals surface area (Å²) in [6, 6.07) is 15.2. The van der Waals surface area contributed by atoms with Crippen LogP contribution in [0.4, 0.5) is 0 Å². The van der Waals surface area contributed by atoms with Crippen molar-refractivity contribution in [2.24, 2.45) is 7.05 Å². The molecule has 0 unspecified atom stereocenters. The molecule has 0 saturated heterocycles. The van der Waals surface area contributed by atoms with E-state index in [1.54, 1.807) is 0 Å². The molecular formula is C22H25N2+. The molecule has 0 N–H and O–H groups in total. The van der Waals surface area contributed by atoms with Crippen molar-refractivity contribution >= 4 is 0 Å². The first-order valence-corrected chi connectivity index (χ1v) is 8.40. The number of nitrogens with zero attached hydrogens (tertiary/aromatic N) is 2. The summed E-state index contributed by atoms with van der Waals surface area (Å²) < 4.78 is 2.27. The number of aryl methyl sites for hydroxylation is 4. The van der Waals surface area contributed by atoms with Crippen LogP contribution in [-0.2, 0) is 7.05 Å². The van der Waals surface area contributed by atoms with Crippen LogP contribution in [0.15, 0.2) is 42.5 Å². The van der Waals surface area contributed by atoms with Crippen molar-refractivity contribution in [1.82, 2.24) is 4.98 Å². The summed E-state index contributed by atoms with van der Waals surface area (Å²) in [6.45, 7) is 10.7. The highest BCUT2D eigenvalue weighted by Crippen LogP contribution is 2.27. The Bertz CT molecular complexity index is 906. The van der Waals surface area contributed by atoms with Gasteiger partial charge >= 0.3 is 0 Å². The van der Waals surface area contributed by atoms with Gasteiger partial charge in [0.2, 0.25) is 11.4 Å². The zero-order valence-electron chi connectivity index (χ0n) is 15.4. The summed E-state index contributed by atoms with van der Waals surface area (Å²) in [5, 5.41) is 0. The molecule has 2 nitrogen and oxygen atoms in total. The molecule has 3 rings (SSSR count). The maximum Gasteiger partial charge on any atom is 0.234 e. The maximum atomic E-state index is 4.95.